The number of ether oxygens (including phenoxy) is 1. The molecule has 1 aliphatic carbocycles. The summed E-state index contributed by atoms with van der Waals surface area (Å²) in [6, 6.07) is 6.76. The number of hydrogen-bond acceptors (Lipinski definition) is 2. The Morgan fingerprint density at radius 1 is 1.14 bits per heavy atom. The van der Waals surface area contributed by atoms with E-state index in [1.54, 1.807) is 12.1 Å². The first-order valence-corrected chi connectivity index (χ1v) is 8.25. The van der Waals surface area contributed by atoms with Gasteiger partial charge in [0.25, 0.3) is 0 Å². The summed E-state index contributed by atoms with van der Waals surface area (Å²) < 4.78 is 40.3. The summed E-state index contributed by atoms with van der Waals surface area (Å²) in [5, 5.41) is 0.902. The van der Waals surface area contributed by atoms with E-state index in [4.69, 9.17) is 0 Å². The van der Waals surface area contributed by atoms with E-state index in [0.29, 0.717) is 6.04 Å². The quantitative estimate of drug-likeness (QED) is 0.676. The van der Waals surface area contributed by atoms with Gasteiger partial charge in [-0.15, -0.1) is 13.2 Å². The van der Waals surface area contributed by atoms with Gasteiger partial charge in [-0.3, -0.25) is 4.90 Å². The molecule has 0 radical (unpaired) electrons. The van der Waals surface area contributed by atoms with Gasteiger partial charge in [0.1, 0.15) is 5.75 Å². The van der Waals surface area contributed by atoms with Crippen molar-refractivity contribution in [3.63, 3.8) is 0 Å². The van der Waals surface area contributed by atoms with Crippen molar-refractivity contribution >= 4 is 15.9 Å². The summed E-state index contributed by atoms with van der Waals surface area (Å²) in [5.74, 6) is -0.167. The van der Waals surface area contributed by atoms with Crippen LogP contribution in [0.4, 0.5) is 13.2 Å². The second-order valence-corrected chi connectivity index (χ2v) is 6.08. The van der Waals surface area contributed by atoms with Gasteiger partial charge in [-0.05, 0) is 30.5 Å². The normalized spacial score (nSPS) is 16.6. The lowest BCUT2D eigenvalue weighted by Gasteiger charge is -2.28. The van der Waals surface area contributed by atoms with Crippen molar-refractivity contribution in [3.05, 3.63) is 29.8 Å². The average Bonchev–Trinajstić information content (AvgIpc) is 2.92. The van der Waals surface area contributed by atoms with Crippen LogP contribution in [0.3, 0.4) is 0 Å². The molecule has 2 nitrogen and oxygen atoms in total. The Labute approximate surface area is 131 Å². The van der Waals surface area contributed by atoms with Crippen LogP contribution >= 0.6 is 15.9 Å². The third kappa shape index (κ3) is 5.51. The van der Waals surface area contributed by atoms with E-state index >= 15 is 0 Å². The number of halogens is 4. The Hall–Kier alpha value is -0.750. The van der Waals surface area contributed by atoms with E-state index < -0.39 is 6.36 Å². The fourth-order valence-corrected chi connectivity index (χ4v) is 3.26. The van der Waals surface area contributed by atoms with E-state index in [2.05, 4.69) is 25.6 Å². The minimum Gasteiger partial charge on any atom is -0.406 e. The smallest absolute Gasteiger partial charge is 0.406 e. The zero-order valence-corrected chi connectivity index (χ0v) is 13.3. The van der Waals surface area contributed by atoms with Crippen molar-refractivity contribution in [1.29, 1.82) is 0 Å². The monoisotopic (exact) mass is 365 g/mol. The van der Waals surface area contributed by atoms with Crippen LogP contribution in [-0.2, 0) is 6.54 Å². The lowest BCUT2D eigenvalue weighted by Crippen LogP contribution is -2.34. The highest BCUT2D eigenvalue weighted by Crippen LogP contribution is 2.26. The molecule has 1 saturated carbocycles. The second kappa shape index (κ2) is 7.49. The number of rotatable bonds is 6. The molecule has 0 amide bonds. The summed E-state index contributed by atoms with van der Waals surface area (Å²) >= 11 is 3.47. The molecule has 1 aromatic rings. The van der Waals surface area contributed by atoms with Gasteiger partial charge in [-0.2, -0.15) is 0 Å². The van der Waals surface area contributed by atoms with Crippen molar-refractivity contribution < 1.29 is 17.9 Å². The van der Waals surface area contributed by atoms with Crippen LogP contribution in [0.15, 0.2) is 24.3 Å². The molecular weight excluding hydrogens is 347 g/mol. The Morgan fingerprint density at radius 2 is 1.76 bits per heavy atom. The highest BCUT2D eigenvalue weighted by atomic mass is 79.9. The highest BCUT2D eigenvalue weighted by Gasteiger charge is 2.31. The largest absolute Gasteiger partial charge is 0.573 e. The molecule has 0 spiro atoms. The van der Waals surface area contributed by atoms with Crippen LogP contribution in [0, 0.1) is 0 Å². The first-order chi connectivity index (χ1) is 9.98. The van der Waals surface area contributed by atoms with Gasteiger partial charge >= 0.3 is 6.36 Å². The van der Waals surface area contributed by atoms with Gasteiger partial charge in [-0.1, -0.05) is 40.9 Å². The van der Waals surface area contributed by atoms with Crippen LogP contribution in [0.2, 0.25) is 0 Å². The van der Waals surface area contributed by atoms with Gasteiger partial charge in [0.05, 0.1) is 0 Å². The molecular formula is C15H19BrF3NO. The van der Waals surface area contributed by atoms with Crippen LogP contribution in [0.5, 0.6) is 5.75 Å². The molecule has 1 fully saturated rings. The van der Waals surface area contributed by atoms with Gasteiger partial charge in [0.15, 0.2) is 0 Å². The average molecular weight is 366 g/mol. The first-order valence-electron chi connectivity index (χ1n) is 7.12. The predicted octanol–water partition coefficient (Wildman–Crippen LogP) is 4.72. The summed E-state index contributed by atoms with van der Waals surface area (Å²) in [4.78, 5) is 2.40. The fourth-order valence-electron chi connectivity index (χ4n) is 2.80. The lowest BCUT2D eigenvalue weighted by atomic mass is 10.1. The van der Waals surface area contributed by atoms with Gasteiger partial charge < -0.3 is 4.74 Å². The Bertz CT molecular complexity index is 430. The summed E-state index contributed by atoms with van der Waals surface area (Å²) in [6.45, 7) is 1.72. The maximum Gasteiger partial charge on any atom is 0.573 e. The fraction of sp³-hybridized carbons (Fsp3) is 0.600. The standard InChI is InChI=1S/C15H19BrF3NO/c16-9-10-20(13-3-1-2-4-13)11-12-5-7-14(8-6-12)21-15(17,18)19/h5-8,13H,1-4,9-11H2. The van der Waals surface area contributed by atoms with Gasteiger partial charge in [0, 0.05) is 24.5 Å². The second-order valence-electron chi connectivity index (χ2n) is 5.29. The van der Waals surface area contributed by atoms with Gasteiger partial charge in [-0.25, -0.2) is 0 Å². The number of benzene rings is 1. The maximum absolute atomic E-state index is 12.1. The molecule has 0 bridgehead atoms. The minimum absolute atomic E-state index is 0.167. The number of nitrogens with zero attached hydrogens (tertiary/aromatic N) is 1. The van der Waals surface area contributed by atoms with E-state index in [0.717, 1.165) is 24.0 Å². The number of hydrogen-bond donors (Lipinski definition) is 0. The van der Waals surface area contributed by atoms with Crippen LogP contribution in [0.1, 0.15) is 31.2 Å². The summed E-state index contributed by atoms with van der Waals surface area (Å²) in [5.41, 5.74) is 1.01. The maximum atomic E-state index is 12.1. The van der Waals surface area contributed by atoms with Gasteiger partial charge in [0.2, 0.25) is 0 Å². The molecule has 0 aliphatic heterocycles. The molecule has 6 heteroatoms. The SMILES string of the molecule is FC(F)(F)Oc1ccc(CN(CCBr)C2CCCC2)cc1. The first kappa shape index (κ1) is 16.6. The number of alkyl halides is 4. The third-order valence-corrected chi connectivity index (χ3v) is 4.11. The van der Waals surface area contributed by atoms with Crippen molar-refractivity contribution in [3.8, 4) is 5.75 Å². The highest BCUT2D eigenvalue weighted by molar-refractivity contribution is 9.09. The van der Waals surface area contributed by atoms with Crippen LogP contribution in [0.25, 0.3) is 0 Å². The van der Waals surface area contributed by atoms with E-state index in [1.165, 1.54) is 37.8 Å². The minimum atomic E-state index is -4.63. The molecule has 1 aliphatic rings. The predicted molar refractivity (Wildman–Crippen MR) is 79.6 cm³/mol. The summed E-state index contributed by atoms with van der Waals surface area (Å²) in [7, 11) is 0. The van der Waals surface area contributed by atoms with E-state index in [9.17, 15) is 13.2 Å². The molecule has 2 rings (SSSR count). The molecule has 118 valence electrons. The third-order valence-electron chi connectivity index (χ3n) is 3.76. The molecule has 0 atom stereocenters. The van der Waals surface area contributed by atoms with Crippen LogP contribution in [-0.4, -0.2) is 29.2 Å². The van der Waals surface area contributed by atoms with Crippen molar-refractivity contribution in [2.75, 3.05) is 11.9 Å². The molecule has 0 saturated heterocycles. The molecule has 21 heavy (non-hydrogen) atoms. The van der Waals surface area contributed by atoms with Crippen molar-refractivity contribution in [2.45, 2.75) is 44.6 Å². The Kier molecular flexibility index (Phi) is 5.93. The zero-order valence-electron chi connectivity index (χ0n) is 11.7. The topological polar surface area (TPSA) is 12.5 Å². The zero-order chi connectivity index (χ0) is 15.3. The van der Waals surface area contributed by atoms with Crippen LogP contribution < -0.4 is 4.74 Å². The molecule has 0 unspecified atom stereocenters. The molecule has 0 aromatic heterocycles. The molecule has 0 heterocycles. The Balaban J connectivity index is 1.96. The summed E-state index contributed by atoms with van der Waals surface area (Å²) in [6.07, 6.45) is 0.321. The Morgan fingerprint density at radius 3 is 2.29 bits per heavy atom. The molecule has 0 N–H and O–H groups in total. The van der Waals surface area contributed by atoms with Crippen molar-refractivity contribution in [1.82, 2.24) is 4.90 Å². The molecule has 1 aromatic carbocycles. The van der Waals surface area contributed by atoms with E-state index in [1.807, 2.05) is 0 Å². The van der Waals surface area contributed by atoms with E-state index in [-0.39, 0.29) is 5.75 Å². The lowest BCUT2D eigenvalue weighted by molar-refractivity contribution is -0.274. The van der Waals surface area contributed by atoms with Crippen molar-refractivity contribution in [2.24, 2.45) is 0 Å².